The van der Waals surface area contributed by atoms with Crippen LogP contribution >= 0.6 is 0 Å². The maximum atomic E-state index is 5.67. The van der Waals surface area contributed by atoms with Crippen LogP contribution in [0, 0.1) is 0 Å². The summed E-state index contributed by atoms with van der Waals surface area (Å²) in [5.41, 5.74) is 0. The van der Waals surface area contributed by atoms with E-state index in [1.807, 2.05) is 13.1 Å². The standard InChI is InChI=1S/C18H35N3O2/c1-4-5-6-7-8-13-21(3)18(19-2)20-12-10-14-22-16-17-11-9-15-23-17/h4,17H,1,5-16H2,2-3H3,(H,19,20). The van der Waals surface area contributed by atoms with Crippen molar-refractivity contribution in [1.82, 2.24) is 10.2 Å². The molecule has 1 N–H and O–H groups in total. The Bertz CT molecular complexity index is 328. The van der Waals surface area contributed by atoms with Crippen molar-refractivity contribution >= 4 is 5.96 Å². The minimum atomic E-state index is 0.322. The minimum Gasteiger partial charge on any atom is -0.379 e. The number of unbranched alkanes of at least 4 members (excludes halogenated alkanes) is 3. The predicted molar refractivity (Wildman–Crippen MR) is 97.1 cm³/mol. The average molecular weight is 325 g/mol. The molecule has 23 heavy (non-hydrogen) atoms. The fraction of sp³-hybridized carbons (Fsp3) is 0.833. The van der Waals surface area contributed by atoms with E-state index < -0.39 is 0 Å². The first-order valence-corrected chi connectivity index (χ1v) is 9.00. The van der Waals surface area contributed by atoms with Crippen LogP contribution in [0.4, 0.5) is 0 Å². The molecule has 134 valence electrons. The van der Waals surface area contributed by atoms with Gasteiger partial charge in [0, 0.05) is 40.4 Å². The second kappa shape index (κ2) is 13.4. The molecule has 0 aromatic carbocycles. The third kappa shape index (κ3) is 9.61. The zero-order chi connectivity index (χ0) is 16.8. The maximum Gasteiger partial charge on any atom is 0.193 e. The monoisotopic (exact) mass is 325 g/mol. The molecular weight excluding hydrogens is 290 g/mol. The highest BCUT2D eigenvalue weighted by atomic mass is 16.5. The quantitative estimate of drug-likeness (QED) is 0.259. The van der Waals surface area contributed by atoms with Crippen LogP contribution in [0.15, 0.2) is 17.6 Å². The van der Waals surface area contributed by atoms with Gasteiger partial charge in [-0.3, -0.25) is 4.99 Å². The van der Waals surface area contributed by atoms with Gasteiger partial charge < -0.3 is 19.7 Å². The third-order valence-corrected chi connectivity index (χ3v) is 4.05. The molecule has 1 aliphatic rings. The number of aliphatic imine (C=N–C) groups is 1. The number of allylic oxidation sites excluding steroid dienone is 1. The molecule has 1 unspecified atom stereocenters. The summed E-state index contributed by atoms with van der Waals surface area (Å²) < 4.78 is 11.2. The molecule has 0 amide bonds. The van der Waals surface area contributed by atoms with E-state index in [0.717, 1.165) is 58.1 Å². The van der Waals surface area contributed by atoms with E-state index in [0.29, 0.717) is 6.10 Å². The second-order valence-electron chi connectivity index (χ2n) is 6.10. The van der Waals surface area contributed by atoms with Crippen molar-refractivity contribution < 1.29 is 9.47 Å². The molecule has 1 atom stereocenters. The first kappa shape index (κ1) is 20.0. The lowest BCUT2D eigenvalue weighted by Gasteiger charge is -2.22. The van der Waals surface area contributed by atoms with Crippen molar-refractivity contribution in [3.8, 4) is 0 Å². The van der Waals surface area contributed by atoms with Crippen molar-refractivity contribution in [2.75, 3.05) is 47.0 Å². The fourth-order valence-electron chi connectivity index (χ4n) is 2.67. The van der Waals surface area contributed by atoms with Gasteiger partial charge in [0.1, 0.15) is 0 Å². The number of hydrogen-bond acceptors (Lipinski definition) is 3. The van der Waals surface area contributed by atoms with E-state index >= 15 is 0 Å². The van der Waals surface area contributed by atoms with E-state index in [1.54, 1.807) is 0 Å². The third-order valence-electron chi connectivity index (χ3n) is 4.05. The first-order valence-electron chi connectivity index (χ1n) is 9.00. The van der Waals surface area contributed by atoms with Crippen molar-refractivity contribution in [3.63, 3.8) is 0 Å². The second-order valence-corrected chi connectivity index (χ2v) is 6.10. The predicted octanol–water partition coefficient (Wildman–Crippen LogP) is 2.83. The molecule has 1 saturated heterocycles. The number of guanidine groups is 1. The lowest BCUT2D eigenvalue weighted by Crippen LogP contribution is -2.40. The molecule has 1 aliphatic heterocycles. The Balaban J connectivity index is 2.00. The molecular formula is C18H35N3O2. The van der Waals surface area contributed by atoms with E-state index in [2.05, 4.69) is 28.8 Å². The summed E-state index contributed by atoms with van der Waals surface area (Å²) in [7, 11) is 3.93. The molecule has 0 aromatic rings. The molecule has 0 aromatic heterocycles. The topological polar surface area (TPSA) is 46.1 Å². The Morgan fingerprint density at radius 2 is 2.26 bits per heavy atom. The fourth-order valence-corrected chi connectivity index (χ4v) is 2.67. The number of hydrogen-bond donors (Lipinski definition) is 1. The molecule has 0 radical (unpaired) electrons. The zero-order valence-corrected chi connectivity index (χ0v) is 15.1. The molecule has 5 heteroatoms. The van der Waals surface area contributed by atoms with Gasteiger partial charge in [-0.05, 0) is 38.5 Å². The molecule has 0 spiro atoms. The Kier molecular flexibility index (Phi) is 11.6. The van der Waals surface area contributed by atoms with Gasteiger partial charge in [-0.15, -0.1) is 6.58 Å². The minimum absolute atomic E-state index is 0.322. The lowest BCUT2D eigenvalue weighted by atomic mass is 10.2. The molecule has 1 rings (SSSR count). The highest BCUT2D eigenvalue weighted by Gasteiger charge is 2.14. The molecule has 0 bridgehead atoms. The summed E-state index contributed by atoms with van der Waals surface area (Å²) in [6.07, 6.45) is 10.4. The van der Waals surface area contributed by atoms with Crippen molar-refractivity contribution in [2.45, 2.75) is 51.0 Å². The molecule has 0 saturated carbocycles. The van der Waals surface area contributed by atoms with Crippen LogP contribution < -0.4 is 5.32 Å². The van der Waals surface area contributed by atoms with Gasteiger partial charge in [0.2, 0.25) is 0 Å². The van der Waals surface area contributed by atoms with Crippen LogP contribution in [0.2, 0.25) is 0 Å². The Hall–Kier alpha value is -1.07. The number of rotatable bonds is 12. The van der Waals surface area contributed by atoms with Gasteiger partial charge in [0.25, 0.3) is 0 Å². The molecule has 1 fully saturated rings. The van der Waals surface area contributed by atoms with Crippen molar-refractivity contribution in [3.05, 3.63) is 12.7 Å². The Morgan fingerprint density at radius 1 is 1.39 bits per heavy atom. The number of nitrogens with zero attached hydrogens (tertiary/aromatic N) is 2. The van der Waals surface area contributed by atoms with Crippen LogP contribution in [-0.4, -0.2) is 64.0 Å². The first-order chi connectivity index (χ1) is 11.3. The van der Waals surface area contributed by atoms with Crippen LogP contribution in [0.5, 0.6) is 0 Å². The van der Waals surface area contributed by atoms with E-state index in [-0.39, 0.29) is 0 Å². The van der Waals surface area contributed by atoms with E-state index in [1.165, 1.54) is 25.7 Å². The van der Waals surface area contributed by atoms with Gasteiger partial charge in [0.05, 0.1) is 12.7 Å². The summed E-state index contributed by atoms with van der Waals surface area (Å²) in [5, 5.41) is 3.40. The Morgan fingerprint density at radius 3 is 2.96 bits per heavy atom. The van der Waals surface area contributed by atoms with Crippen LogP contribution in [0.1, 0.15) is 44.9 Å². The van der Waals surface area contributed by atoms with Crippen LogP contribution in [-0.2, 0) is 9.47 Å². The smallest absolute Gasteiger partial charge is 0.193 e. The number of nitrogens with one attached hydrogen (secondary N) is 1. The SMILES string of the molecule is C=CCCCCCN(C)C(=NC)NCCCOCC1CCCO1. The lowest BCUT2D eigenvalue weighted by molar-refractivity contribution is 0.0168. The summed E-state index contributed by atoms with van der Waals surface area (Å²) in [6, 6.07) is 0. The van der Waals surface area contributed by atoms with Gasteiger partial charge in [-0.25, -0.2) is 0 Å². The van der Waals surface area contributed by atoms with Crippen LogP contribution in [0.25, 0.3) is 0 Å². The van der Waals surface area contributed by atoms with Crippen LogP contribution in [0.3, 0.4) is 0 Å². The maximum absolute atomic E-state index is 5.67. The Labute approximate surface area is 142 Å². The molecule has 0 aliphatic carbocycles. The van der Waals surface area contributed by atoms with E-state index in [9.17, 15) is 0 Å². The van der Waals surface area contributed by atoms with Gasteiger partial charge >= 0.3 is 0 Å². The van der Waals surface area contributed by atoms with Gasteiger partial charge in [-0.2, -0.15) is 0 Å². The largest absolute Gasteiger partial charge is 0.379 e. The zero-order valence-electron chi connectivity index (χ0n) is 15.1. The normalized spacial score (nSPS) is 18.2. The highest BCUT2D eigenvalue weighted by Crippen LogP contribution is 2.11. The highest BCUT2D eigenvalue weighted by molar-refractivity contribution is 5.79. The summed E-state index contributed by atoms with van der Waals surface area (Å²) >= 11 is 0. The molecule has 5 nitrogen and oxygen atoms in total. The summed E-state index contributed by atoms with van der Waals surface area (Å²) in [6.45, 7) is 8.08. The van der Waals surface area contributed by atoms with Gasteiger partial charge in [0.15, 0.2) is 5.96 Å². The summed E-state index contributed by atoms with van der Waals surface area (Å²) in [5.74, 6) is 0.966. The van der Waals surface area contributed by atoms with Crippen molar-refractivity contribution in [1.29, 1.82) is 0 Å². The molecule has 1 heterocycles. The summed E-state index contributed by atoms with van der Waals surface area (Å²) in [4.78, 5) is 6.53. The number of ether oxygens (including phenoxy) is 2. The van der Waals surface area contributed by atoms with Crippen molar-refractivity contribution in [2.24, 2.45) is 4.99 Å². The average Bonchev–Trinajstić information content (AvgIpc) is 3.07. The van der Waals surface area contributed by atoms with E-state index in [4.69, 9.17) is 9.47 Å². The van der Waals surface area contributed by atoms with Gasteiger partial charge in [-0.1, -0.05) is 12.5 Å².